The molecule has 2 aromatic rings. The lowest BCUT2D eigenvalue weighted by atomic mass is 10.1. The third kappa shape index (κ3) is 3.48. The molecule has 2 N–H and O–H groups in total. The van der Waals surface area contributed by atoms with E-state index in [1.807, 2.05) is 6.07 Å². The van der Waals surface area contributed by atoms with Crippen LogP contribution >= 0.6 is 0 Å². The van der Waals surface area contributed by atoms with Gasteiger partial charge in [-0.05, 0) is 50.9 Å². The van der Waals surface area contributed by atoms with E-state index in [0.717, 1.165) is 50.1 Å². The Bertz CT molecular complexity index is 763. The topological polar surface area (TPSA) is 66.2 Å². The molecule has 0 aromatic carbocycles. The Morgan fingerprint density at radius 2 is 2.00 bits per heavy atom. The molecule has 0 bridgehead atoms. The molecular weight excluding hydrogens is 338 g/mol. The quantitative estimate of drug-likeness (QED) is 0.813. The van der Waals surface area contributed by atoms with E-state index in [2.05, 4.69) is 21.6 Å². The first kappa shape index (κ1) is 17.2. The highest BCUT2D eigenvalue weighted by Gasteiger charge is 2.28. The number of nitrogens with zero attached hydrogens (tertiary/aromatic N) is 3. The molecule has 2 fully saturated rings. The monoisotopic (exact) mass is 367 g/mol. The Morgan fingerprint density at radius 1 is 1.15 bits per heavy atom. The Morgan fingerprint density at radius 3 is 2.78 bits per heavy atom. The first-order chi connectivity index (χ1) is 13.4. The van der Waals surface area contributed by atoms with Gasteiger partial charge in [-0.1, -0.05) is 12.8 Å². The molecule has 4 heterocycles. The fourth-order valence-corrected chi connectivity index (χ4v) is 4.84. The second-order valence-corrected chi connectivity index (χ2v) is 8.10. The van der Waals surface area contributed by atoms with Gasteiger partial charge in [0, 0.05) is 31.1 Å². The molecule has 1 saturated carbocycles. The van der Waals surface area contributed by atoms with Crippen molar-refractivity contribution >= 4 is 5.82 Å². The van der Waals surface area contributed by atoms with Crippen molar-refractivity contribution in [2.24, 2.45) is 0 Å². The summed E-state index contributed by atoms with van der Waals surface area (Å²) in [7, 11) is 0. The van der Waals surface area contributed by atoms with Crippen LogP contribution in [0.5, 0.6) is 0 Å². The van der Waals surface area contributed by atoms with Gasteiger partial charge in [0.25, 0.3) is 0 Å². The second-order valence-electron chi connectivity index (χ2n) is 8.10. The van der Waals surface area contributed by atoms with E-state index in [4.69, 9.17) is 14.4 Å². The summed E-state index contributed by atoms with van der Waals surface area (Å²) < 4.78 is 5.77. The lowest BCUT2D eigenvalue weighted by Gasteiger charge is -2.26. The zero-order chi connectivity index (χ0) is 18.1. The van der Waals surface area contributed by atoms with Crippen LogP contribution in [-0.4, -0.2) is 34.5 Å². The van der Waals surface area contributed by atoms with E-state index < -0.39 is 0 Å². The molecule has 27 heavy (non-hydrogen) atoms. The zero-order valence-corrected chi connectivity index (χ0v) is 15.9. The maximum Gasteiger partial charge on any atom is 0.134 e. The van der Waals surface area contributed by atoms with Gasteiger partial charge in [0.05, 0.1) is 18.0 Å². The normalized spacial score (nSPS) is 21.6. The SMILES string of the molecule is c1coc([C@H](CNc2nc(C3CCCC3)nc3c2CNC3)N2CCCC2)c1. The predicted molar refractivity (Wildman–Crippen MR) is 105 cm³/mol. The number of anilines is 1. The molecule has 144 valence electrons. The number of aromatic nitrogens is 2. The molecule has 0 radical (unpaired) electrons. The van der Waals surface area contributed by atoms with Gasteiger partial charge in [-0.15, -0.1) is 0 Å². The molecule has 0 spiro atoms. The van der Waals surface area contributed by atoms with E-state index in [1.165, 1.54) is 49.8 Å². The van der Waals surface area contributed by atoms with E-state index >= 15 is 0 Å². The first-order valence-electron chi connectivity index (χ1n) is 10.5. The van der Waals surface area contributed by atoms with Crippen LogP contribution in [0.3, 0.4) is 0 Å². The van der Waals surface area contributed by atoms with Crippen molar-refractivity contribution in [1.82, 2.24) is 20.2 Å². The minimum absolute atomic E-state index is 0.261. The third-order valence-electron chi connectivity index (χ3n) is 6.34. The highest BCUT2D eigenvalue weighted by atomic mass is 16.3. The Kier molecular flexibility index (Phi) is 4.84. The third-order valence-corrected chi connectivity index (χ3v) is 6.34. The first-order valence-corrected chi connectivity index (χ1v) is 10.5. The van der Waals surface area contributed by atoms with Crippen molar-refractivity contribution in [3.05, 3.63) is 41.2 Å². The Balaban J connectivity index is 1.39. The number of nitrogens with one attached hydrogen (secondary N) is 2. The van der Waals surface area contributed by atoms with Crippen LogP contribution in [0.15, 0.2) is 22.8 Å². The maximum absolute atomic E-state index is 5.77. The van der Waals surface area contributed by atoms with Gasteiger partial charge in [-0.3, -0.25) is 4.90 Å². The van der Waals surface area contributed by atoms with Gasteiger partial charge >= 0.3 is 0 Å². The van der Waals surface area contributed by atoms with Gasteiger partial charge in [0.2, 0.25) is 0 Å². The Hall–Kier alpha value is -1.92. The molecular formula is C21H29N5O. The van der Waals surface area contributed by atoms with Crippen LogP contribution in [0.4, 0.5) is 5.82 Å². The van der Waals surface area contributed by atoms with Gasteiger partial charge in [-0.2, -0.15) is 0 Å². The van der Waals surface area contributed by atoms with Gasteiger partial charge in [-0.25, -0.2) is 9.97 Å². The van der Waals surface area contributed by atoms with Crippen LogP contribution in [0.1, 0.15) is 73.3 Å². The van der Waals surface area contributed by atoms with Crippen molar-refractivity contribution in [1.29, 1.82) is 0 Å². The lowest BCUT2D eigenvalue weighted by Crippen LogP contribution is -2.31. The smallest absolute Gasteiger partial charge is 0.134 e. The van der Waals surface area contributed by atoms with Crippen LogP contribution in [0, 0.1) is 0 Å². The maximum atomic E-state index is 5.77. The number of rotatable bonds is 6. The fraction of sp³-hybridized carbons (Fsp3) is 0.619. The molecule has 1 aliphatic carbocycles. The van der Waals surface area contributed by atoms with Crippen LogP contribution in [0.25, 0.3) is 0 Å². The van der Waals surface area contributed by atoms with Crippen molar-refractivity contribution in [3.63, 3.8) is 0 Å². The summed E-state index contributed by atoms with van der Waals surface area (Å²) in [6, 6.07) is 4.35. The molecule has 0 amide bonds. The van der Waals surface area contributed by atoms with Crippen molar-refractivity contribution in [3.8, 4) is 0 Å². The molecule has 1 saturated heterocycles. The summed E-state index contributed by atoms with van der Waals surface area (Å²) in [6.45, 7) is 4.83. The van der Waals surface area contributed by atoms with Gasteiger partial charge in [0.1, 0.15) is 17.4 Å². The van der Waals surface area contributed by atoms with Gasteiger partial charge in [0.15, 0.2) is 0 Å². The predicted octanol–water partition coefficient (Wildman–Crippen LogP) is 3.58. The summed E-state index contributed by atoms with van der Waals surface area (Å²) in [5.74, 6) is 3.66. The van der Waals surface area contributed by atoms with E-state index in [0.29, 0.717) is 5.92 Å². The van der Waals surface area contributed by atoms with Gasteiger partial charge < -0.3 is 15.1 Å². The number of fused-ring (bicyclic) bond motifs is 1. The molecule has 2 aliphatic heterocycles. The minimum atomic E-state index is 0.261. The summed E-state index contributed by atoms with van der Waals surface area (Å²) in [4.78, 5) is 12.4. The zero-order valence-electron chi connectivity index (χ0n) is 15.9. The standard InChI is InChI=1S/C21H29N5O/c1-2-7-15(6-1)20-24-17-13-22-12-16(17)21(25-20)23-14-18(19-8-5-11-27-19)26-9-3-4-10-26/h5,8,11,15,18,22H,1-4,6-7,9-10,12-14H2,(H,23,24,25)/t18-/m0/s1. The van der Waals surface area contributed by atoms with Crippen LogP contribution in [-0.2, 0) is 13.1 Å². The molecule has 6 heteroatoms. The second kappa shape index (κ2) is 7.60. The number of hydrogen-bond donors (Lipinski definition) is 2. The van der Waals surface area contributed by atoms with Crippen molar-refractivity contribution in [2.75, 3.05) is 25.0 Å². The number of hydrogen-bond acceptors (Lipinski definition) is 6. The summed E-state index contributed by atoms with van der Waals surface area (Å²) in [5, 5.41) is 7.13. The van der Waals surface area contributed by atoms with Crippen molar-refractivity contribution < 1.29 is 4.42 Å². The average molecular weight is 367 g/mol. The summed E-state index contributed by atoms with van der Waals surface area (Å²) in [6.07, 6.45) is 9.40. The molecule has 0 unspecified atom stereocenters. The number of furan rings is 1. The summed E-state index contributed by atoms with van der Waals surface area (Å²) >= 11 is 0. The molecule has 5 rings (SSSR count). The van der Waals surface area contributed by atoms with Crippen LogP contribution in [0.2, 0.25) is 0 Å². The number of likely N-dealkylation sites (tertiary alicyclic amines) is 1. The highest BCUT2D eigenvalue weighted by Crippen LogP contribution is 2.34. The minimum Gasteiger partial charge on any atom is -0.468 e. The molecule has 6 nitrogen and oxygen atoms in total. The molecule has 3 aliphatic rings. The van der Waals surface area contributed by atoms with E-state index in [1.54, 1.807) is 6.26 Å². The average Bonchev–Trinajstić information content (AvgIpc) is 3.50. The Labute approximate surface area is 160 Å². The molecule has 1 atom stereocenters. The molecule has 2 aromatic heterocycles. The largest absolute Gasteiger partial charge is 0.468 e. The summed E-state index contributed by atoms with van der Waals surface area (Å²) in [5.41, 5.74) is 2.43. The fourth-order valence-electron chi connectivity index (χ4n) is 4.84. The highest BCUT2D eigenvalue weighted by molar-refractivity contribution is 5.49. The van der Waals surface area contributed by atoms with E-state index in [9.17, 15) is 0 Å². The van der Waals surface area contributed by atoms with Crippen LogP contribution < -0.4 is 10.6 Å². The lowest BCUT2D eigenvalue weighted by molar-refractivity contribution is 0.225. The van der Waals surface area contributed by atoms with Crippen molar-refractivity contribution in [2.45, 2.75) is 63.6 Å². The van der Waals surface area contributed by atoms with E-state index in [-0.39, 0.29) is 6.04 Å².